The van der Waals surface area contributed by atoms with Crippen molar-refractivity contribution in [3.05, 3.63) is 17.0 Å². The van der Waals surface area contributed by atoms with Crippen LogP contribution in [0.2, 0.25) is 5.28 Å². The van der Waals surface area contributed by atoms with Crippen LogP contribution in [0.5, 0.6) is 0 Å². The van der Waals surface area contributed by atoms with Crippen LogP contribution >= 0.6 is 11.6 Å². The quantitative estimate of drug-likeness (QED) is 0.648. The van der Waals surface area contributed by atoms with Crippen LogP contribution in [0.3, 0.4) is 0 Å². The third-order valence-corrected chi connectivity index (χ3v) is 4.31. The minimum atomic E-state index is 0.285. The molecule has 6 heteroatoms. The number of likely N-dealkylation sites (tertiary alicyclic amines) is 1. The number of hydrogen-bond acceptors (Lipinski definition) is 4. The lowest BCUT2D eigenvalue weighted by Crippen LogP contribution is -2.36. The summed E-state index contributed by atoms with van der Waals surface area (Å²) in [4.78, 5) is 22.1. The zero-order chi connectivity index (χ0) is 14.7. The zero-order valence-electron chi connectivity index (χ0n) is 12.1. The molecule has 5 nitrogen and oxygen atoms in total. The lowest BCUT2D eigenvalue weighted by Gasteiger charge is -2.26. The van der Waals surface area contributed by atoms with Crippen LogP contribution in [0.4, 0.5) is 5.82 Å². The van der Waals surface area contributed by atoms with Gasteiger partial charge in [0.25, 0.3) is 0 Å². The molecule has 1 aromatic heterocycles. The molecule has 2 fully saturated rings. The molecule has 0 atom stereocenters. The van der Waals surface area contributed by atoms with Gasteiger partial charge in [-0.25, -0.2) is 9.97 Å². The van der Waals surface area contributed by atoms with E-state index < -0.39 is 0 Å². The van der Waals surface area contributed by atoms with E-state index in [0.717, 1.165) is 44.7 Å². The van der Waals surface area contributed by atoms with Crippen LogP contribution in [0.15, 0.2) is 6.20 Å². The van der Waals surface area contributed by atoms with E-state index in [1.165, 1.54) is 18.4 Å². The predicted molar refractivity (Wildman–Crippen MR) is 82.6 cm³/mol. The highest BCUT2D eigenvalue weighted by Gasteiger charge is 2.27. The minimum Gasteiger partial charge on any atom is -0.370 e. The van der Waals surface area contributed by atoms with Gasteiger partial charge in [-0.2, -0.15) is 0 Å². The first kappa shape index (κ1) is 14.6. The molecule has 0 bridgehead atoms. The number of amides is 1. The first-order valence-corrected chi connectivity index (χ1v) is 8.16. The molecule has 1 saturated heterocycles. The van der Waals surface area contributed by atoms with Gasteiger partial charge in [0.1, 0.15) is 5.82 Å². The number of anilines is 1. The summed E-state index contributed by atoms with van der Waals surface area (Å²) in [6.45, 7) is 2.53. The van der Waals surface area contributed by atoms with Gasteiger partial charge in [-0.05, 0) is 49.6 Å². The molecule has 0 unspecified atom stereocenters. The molecule has 1 amide bonds. The van der Waals surface area contributed by atoms with Gasteiger partial charge in [0.15, 0.2) is 0 Å². The third kappa shape index (κ3) is 3.84. The average molecular weight is 309 g/mol. The lowest BCUT2D eigenvalue weighted by atomic mass is 10.1. The minimum absolute atomic E-state index is 0.285. The maximum absolute atomic E-state index is 11.7. The molecule has 1 aliphatic heterocycles. The summed E-state index contributed by atoms with van der Waals surface area (Å²) in [6.07, 6.45) is 8.07. The molecular weight excluding hydrogens is 288 g/mol. The van der Waals surface area contributed by atoms with Crippen LogP contribution < -0.4 is 5.32 Å². The topological polar surface area (TPSA) is 58.1 Å². The summed E-state index contributed by atoms with van der Waals surface area (Å²) in [5.74, 6) is 1.75. The van der Waals surface area contributed by atoms with Crippen LogP contribution in [-0.4, -0.2) is 40.4 Å². The number of piperidine rings is 1. The lowest BCUT2D eigenvalue weighted by molar-refractivity contribution is -0.133. The summed E-state index contributed by atoms with van der Waals surface area (Å²) < 4.78 is 0. The highest BCUT2D eigenvalue weighted by molar-refractivity contribution is 6.28. The van der Waals surface area contributed by atoms with Crippen molar-refractivity contribution in [3.63, 3.8) is 0 Å². The van der Waals surface area contributed by atoms with Crippen LogP contribution in [0.1, 0.15) is 50.0 Å². The van der Waals surface area contributed by atoms with Crippen LogP contribution in [0, 0.1) is 0 Å². The zero-order valence-corrected chi connectivity index (χ0v) is 12.9. The monoisotopic (exact) mass is 308 g/mol. The summed E-state index contributed by atoms with van der Waals surface area (Å²) in [6, 6.07) is 0. The first-order chi connectivity index (χ1) is 10.2. The van der Waals surface area contributed by atoms with Gasteiger partial charge in [-0.3, -0.25) is 4.79 Å². The fourth-order valence-corrected chi connectivity index (χ4v) is 2.91. The van der Waals surface area contributed by atoms with E-state index >= 15 is 0 Å². The number of carbonyl (C=O) groups excluding carboxylic acids is 1. The Balaban J connectivity index is 1.49. The number of halogens is 1. The SMILES string of the molecule is O=C1CCCCN1CCCNc1nc(Cl)ncc1C1CC1. The maximum atomic E-state index is 11.7. The second-order valence-corrected chi connectivity index (χ2v) is 6.17. The molecule has 1 aromatic rings. The molecule has 1 aliphatic carbocycles. The van der Waals surface area contributed by atoms with Gasteiger partial charge >= 0.3 is 0 Å². The van der Waals surface area contributed by atoms with E-state index in [1.54, 1.807) is 0 Å². The van der Waals surface area contributed by atoms with E-state index in [9.17, 15) is 4.79 Å². The summed E-state index contributed by atoms with van der Waals surface area (Å²) in [5.41, 5.74) is 1.17. The number of rotatable bonds is 6. The highest BCUT2D eigenvalue weighted by Crippen LogP contribution is 2.42. The van der Waals surface area contributed by atoms with E-state index in [4.69, 9.17) is 11.6 Å². The Morgan fingerprint density at radius 1 is 1.38 bits per heavy atom. The van der Waals surface area contributed by atoms with Gasteiger partial charge < -0.3 is 10.2 Å². The molecule has 21 heavy (non-hydrogen) atoms. The van der Waals surface area contributed by atoms with Crippen molar-refractivity contribution in [1.82, 2.24) is 14.9 Å². The van der Waals surface area contributed by atoms with Gasteiger partial charge in [0.2, 0.25) is 11.2 Å². The molecular formula is C15H21ClN4O. The standard InChI is InChI=1S/C15H21ClN4O/c16-15-18-10-12(11-5-6-11)14(19-15)17-7-3-9-20-8-2-1-4-13(20)21/h10-11H,1-9H2,(H,17,18,19). The highest BCUT2D eigenvalue weighted by atomic mass is 35.5. The van der Waals surface area contributed by atoms with E-state index in [0.29, 0.717) is 18.2 Å². The molecule has 2 aliphatic rings. The first-order valence-electron chi connectivity index (χ1n) is 7.78. The number of carbonyl (C=O) groups is 1. The second-order valence-electron chi connectivity index (χ2n) is 5.84. The molecule has 0 spiro atoms. The molecule has 114 valence electrons. The molecule has 1 saturated carbocycles. The van der Waals surface area contributed by atoms with Crippen molar-refractivity contribution in [2.45, 2.75) is 44.4 Å². The number of hydrogen-bond donors (Lipinski definition) is 1. The summed E-state index contributed by atoms with van der Waals surface area (Å²) >= 11 is 5.88. The van der Waals surface area contributed by atoms with Crippen molar-refractivity contribution in [2.24, 2.45) is 0 Å². The van der Waals surface area contributed by atoms with E-state index in [2.05, 4.69) is 15.3 Å². The summed E-state index contributed by atoms with van der Waals surface area (Å²) in [7, 11) is 0. The Bertz CT molecular complexity index is 518. The Hall–Kier alpha value is -1.36. The fourth-order valence-electron chi connectivity index (χ4n) is 2.78. The van der Waals surface area contributed by atoms with Gasteiger partial charge in [-0.15, -0.1) is 0 Å². The fraction of sp³-hybridized carbons (Fsp3) is 0.667. The van der Waals surface area contributed by atoms with Crippen molar-refractivity contribution in [1.29, 1.82) is 0 Å². The molecule has 0 aromatic carbocycles. The van der Waals surface area contributed by atoms with E-state index in [-0.39, 0.29) is 5.28 Å². The Labute approximate surface area is 130 Å². The Morgan fingerprint density at radius 2 is 2.24 bits per heavy atom. The van der Waals surface area contributed by atoms with Crippen molar-refractivity contribution >= 4 is 23.3 Å². The maximum Gasteiger partial charge on any atom is 0.224 e. The molecule has 1 N–H and O–H groups in total. The Morgan fingerprint density at radius 3 is 3.00 bits per heavy atom. The normalized spacial score (nSPS) is 18.9. The number of aromatic nitrogens is 2. The molecule has 3 rings (SSSR count). The summed E-state index contributed by atoms with van der Waals surface area (Å²) in [5, 5.41) is 3.64. The van der Waals surface area contributed by atoms with Crippen molar-refractivity contribution in [2.75, 3.05) is 25.0 Å². The molecule has 0 radical (unpaired) electrons. The Kier molecular flexibility index (Phi) is 4.58. The smallest absolute Gasteiger partial charge is 0.224 e. The van der Waals surface area contributed by atoms with E-state index in [1.807, 2.05) is 11.1 Å². The third-order valence-electron chi connectivity index (χ3n) is 4.12. The van der Waals surface area contributed by atoms with Crippen molar-refractivity contribution < 1.29 is 4.79 Å². The van der Waals surface area contributed by atoms with Gasteiger partial charge in [0.05, 0.1) is 0 Å². The van der Waals surface area contributed by atoms with Crippen LogP contribution in [0.25, 0.3) is 0 Å². The number of nitrogens with one attached hydrogen (secondary N) is 1. The van der Waals surface area contributed by atoms with Gasteiger partial charge in [0, 0.05) is 37.8 Å². The largest absolute Gasteiger partial charge is 0.370 e. The molecule has 2 heterocycles. The predicted octanol–water partition coefficient (Wildman–Crippen LogP) is 2.82. The van der Waals surface area contributed by atoms with Crippen molar-refractivity contribution in [3.8, 4) is 0 Å². The van der Waals surface area contributed by atoms with Gasteiger partial charge in [-0.1, -0.05) is 0 Å². The second kappa shape index (κ2) is 6.60. The van der Waals surface area contributed by atoms with Crippen LogP contribution in [-0.2, 0) is 4.79 Å². The average Bonchev–Trinajstić information content (AvgIpc) is 3.30. The number of nitrogens with zero attached hydrogens (tertiary/aromatic N) is 3.